The number of likely N-dealkylation sites (tertiary alicyclic amines) is 1. The standard InChI is InChI=1S/C17H18N2O2S2/c1-10-4-6-23-15(10)17(21)19-9-11-7-12(13(19)8-11)18-16(20)14-3-2-5-22-14/h2-6,11-13H,7-9H2,1H3,(H,18,20). The van der Waals surface area contributed by atoms with Gasteiger partial charge in [0.15, 0.2) is 0 Å². The molecule has 23 heavy (non-hydrogen) atoms. The summed E-state index contributed by atoms with van der Waals surface area (Å²) < 4.78 is 0. The van der Waals surface area contributed by atoms with Crippen molar-refractivity contribution in [1.29, 1.82) is 0 Å². The summed E-state index contributed by atoms with van der Waals surface area (Å²) in [4.78, 5) is 28.6. The highest BCUT2D eigenvalue weighted by molar-refractivity contribution is 7.12. The number of hydrogen-bond donors (Lipinski definition) is 1. The third-order valence-electron chi connectivity index (χ3n) is 4.86. The largest absolute Gasteiger partial charge is 0.347 e. The van der Waals surface area contributed by atoms with Crippen molar-refractivity contribution in [2.45, 2.75) is 31.8 Å². The molecule has 2 fully saturated rings. The van der Waals surface area contributed by atoms with Crippen LogP contribution in [0.2, 0.25) is 0 Å². The summed E-state index contributed by atoms with van der Waals surface area (Å²) in [7, 11) is 0. The molecule has 3 unspecified atom stereocenters. The first-order valence-electron chi connectivity index (χ1n) is 7.83. The normalized spacial score (nSPS) is 25.8. The molecule has 4 nitrogen and oxygen atoms in total. The van der Waals surface area contributed by atoms with Crippen molar-refractivity contribution in [3.8, 4) is 0 Å². The lowest BCUT2D eigenvalue weighted by Crippen LogP contribution is -2.51. The van der Waals surface area contributed by atoms with Gasteiger partial charge in [-0.25, -0.2) is 0 Å². The number of carbonyl (C=O) groups is 2. The Morgan fingerprint density at radius 2 is 2.09 bits per heavy atom. The predicted molar refractivity (Wildman–Crippen MR) is 92.2 cm³/mol. The number of piperidine rings is 1. The molecule has 0 aromatic carbocycles. The zero-order valence-electron chi connectivity index (χ0n) is 12.8. The number of carbonyl (C=O) groups excluding carboxylic acids is 2. The summed E-state index contributed by atoms with van der Waals surface area (Å²) in [6, 6.07) is 5.92. The van der Waals surface area contributed by atoms with Gasteiger partial charge in [0.2, 0.25) is 0 Å². The lowest BCUT2D eigenvalue weighted by molar-refractivity contribution is 0.0653. The summed E-state index contributed by atoms with van der Waals surface area (Å²) >= 11 is 2.96. The molecule has 2 amide bonds. The van der Waals surface area contributed by atoms with Gasteiger partial charge in [0.25, 0.3) is 11.8 Å². The molecule has 1 aliphatic heterocycles. The molecule has 6 heteroatoms. The van der Waals surface area contributed by atoms with E-state index in [0.29, 0.717) is 5.92 Å². The smallest absolute Gasteiger partial charge is 0.264 e. The first-order valence-corrected chi connectivity index (χ1v) is 9.59. The number of nitrogens with one attached hydrogen (secondary N) is 1. The van der Waals surface area contributed by atoms with Crippen LogP contribution in [0.3, 0.4) is 0 Å². The molecule has 120 valence electrons. The van der Waals surface area contributed by atoms with Gasteiger partial charge in [0, 0.05) is 12.6 Å². The van der Waals surface area contributed by atoms with E-state index >= 15 is 0 Å². The number of aryl methyl sites for hydroxylation is 1. The molecule has 1 N–H and O–H groups in total. The van der Waals surface area contributed by atoms with Gasteiger partial charge in [-0.1, -0.05) is 6.07 Å². The number of fused-ring (bicyclic) bond motifs is 2. The van der Waals surface area contributed by atoms with Crippen molar-refractivity contribution >= 4 is 34.5 Å². The maximum atomic E-state index is 12.8. The Morgan fingerprint density at radius 3 is 2.74 bits per heavy atom. The van der Waals surface area contributed by atoms with Crippen LogP contribution in [0.15, 0.2) is 29.0 Å². The van der Waals surface area contributed by atoms with Crippen LogP contribution in [0, 0.1) is 12.8 Å². The molecule has 0 spiro atoms. The molecule has 4 rings (SSSR count). The van der Waals surface area contributed by atoms with Crippen molar-refractivity contribution in [2.75, 3.05) is 6.54 Å². The van der Waals surface area contributed by atoms with Crippen LogP contribution >= 0.6 is 22.7 Å². The highest BCUT2D eigenvalue weighted by atomic mass is 32.1. The summed E-state index contributed by atoms with van der Waals surface area (Å²) in [5, 5.41) is 7.01. The Kier molecular flexibility index (Phi) is 3.73. The van der Waals surface area contributed by atoms with Gasteiger partial charge >= 0.3 is 0 Å². The Balaban J connectivity index is 1.49. The molecule has 1 saturated heterocycles. The third-order valence-corrected chi connectivity index (χ3v) is 6.73. The Hall–Kier alpha value is -1.66. The van der Waals surface area contributed by atoms with Gasteiger partial charge < -0.3 is 10.2 Å². The second-order valence-electron chi connectivity index (χ2n) is 6.35. The average molecular weight is 346 g/mol. The highest BCUT2D eigenvalue weighted by Gasteiger charge is 2.47. The molecule has 3 atom stereocenters. The van der Waals surface area contributed by atoms with E-state index in [1.807, 2.05) is 40.8 Å². The molecule has 2 aromatic heterocycles. The molecular formula is C17H18N2O2S2. The van der Waals surface area contributed by atoms with Crippen LogP contribution in [0.25, 0.3) is 0 Å². The van der Waals surface area contributed by atoms with E-state index in [4.69, 9.17) is 0 Å². The van der Waals surface area contributed by atoms with E-state index in [0.717, 1.165) is 34.7 Å². The van der Waals surface area contributed by atoms with Gasteiger partial charge in [0.1, 0.15) is 0 Å². The van der Waals surface area contributed by atoms with Crippen LogP contribution < -0.4 is 5.32 Å². The molecule has 2 aliphatic rings. The van der Waals surface area contributed by atoms with Crippen LogP contribution in [0.5, 0.6) is 0 Å². The third kappa shape index (κ3) is 2.60. The number of nitrogens with zero attached hydrogens (tertiary/aromatic N) is 1. The highest BCUT2D eigenvalue weighted by Crippen LogP contribution is 2.39. The fourth-order valence-corrected chi connectivity index (χ4v) is 5.29. The van der Waals surface area contributed by atoms with Crippen LogP contribution in [-0.2, 0) is 0 Å². The number of rotatable bonds is 3. The van der Waals surface area contributed by atoms with Gasteiger partial charge in [0.05, 0.1) is 15.8 Å². The Morgan fingerprint density at radius 1 is 1.22 bits per heavy atom. The van der Waals surface area contributed by atoms with Gasteiger partial charge in [-0.2, -0.15) is 0 Å². The number of thiophene rings is 2. The predicted octanol–water partition coefficient (Wildman–Crippen LogP) is 3.15. The summed E-state index contributed by atoms with van der Waals surface area (Å²) in [6.07, 6.45) is 1.99. The van der Waals surface area contributed by atoms with Crippen LogP contribution in [-0.4, -0.2) is 35.3 Å². The second kappa shape index (κ2) is 5.76. The zero-order valence-corrected chi connectivity index (χ0v) is 14.5. The zero-order chi connectivity index (χ0) is 16.0. The molecule has 2 bridgehead atoms. The molecule has 0 radical (unpaired) electrons. The minimum absolute atomic E-state index is 0.0164. The van der Waals surface area contributed by atoms with Crippen molar-refractivity contribution < 1.29 is 9.59 Å². The fourth-order valence-electron chi connectivity index (χ4n) is 3.78. The van der Waals surface area contributed by atoms with E-state index in [-0.39, 0.29) is 23.9 Å². The maximum Gasteiger partial charge on any atom is 0.264 e. The molecule has 1 saturated carbocycles. The fraction of sp³-hybridized carbons (Fsp3) is 0.412. The van der Waals surface area contributed by atoms with E-state index in [1.54, 1.807) is 0 Å². The van der Waals surface area contributed by atoms with E-state index in [9.17, 15) is 9.59 Å². The van der Waals surface area contributed by atoms with Crippen molar-refractivity contribution in [3.05, 3.63) is 44.3 Å². The summed E-state index contributed by atoms with van der Waals surface area (Å²) in [5.41, 5.74) is 1.04. The SMILES string of the molecule is Cc1ccsc1C(=O)N1CC2CC(NC(=O)c3cccs3)C1C2. The van der Waals surface area contributed by atoms with Crippen molar-refractivity contribution in [1.82, 2.24) is 10.2 Å². The van der Waals surface area contributed by atoms with Crippen molar-refractivity contribution in [3.63, 3.8) is 0 Å². The quantitative estimate of drug-likeness (QED) is 0.928. The maximum absolute atomic E-state index is 12.8. The molecular weight excluding hydrogens is 328 g/mol. The summed E-state index contributed by atoms with van der Waals surface area (Å²) in [5.74, 6) is 0.621. The van der Waals surface area contributed by atoms with E-state index < -0.39 is 0 Å². The van der Waals surface area contributed by atoms with E-state index in [1.165, 1.54) is 22.7 Å². The number of hydrogen-bond acceptors (Lipinski definition) is 4. The van der Waals surface area contributed by atoms with Gasteiger partial charge in [-0.05, 0) is 54.1 Å². The second-order valence-corrected chi connectivity index (χ2v) is 8.22. The van der Waals surface area contributed by atoms with Gasteiger partial charge in [-0.3, -0.25) is 9.59 Å². The Bertz CT molecular complexity index is 738. The lowest BCUT2D eigenvalue weighted by Gasteiger charge is -2.33. The number of amides is 2. The minimum Gasteiger partial charge on any atom is -0.347 e. The minimum atomic E-state index is -0.0164. The first kappa shape index (κ1) is 14.9. The summed E-state index contributed by atoms with van der Waals surface area (Å²) in [6.45, 7) is 2.81. The van der Waals surface area contributed by atoms with Gasteiger partial charge in [-0.15, -0.1) is 22.7 Å². The topological polar surface area (TPSA) is 49.4 Å². The van der Waals surface area contributed by atoms with Crippen LogP contribution in [0.4, 0.5) is 0 Å². The monoisotopic (exact) mass is 346 g/mol. The average Bonchev–Trinajstić information content (AvgIpc) is 3.30. The first-order chi connectivity index (χ1) is 11.1. The lowest BCUT2D eigenvalue weighted by atomic mass is 10.0. The van der Waals surface area contributed by atoms with Crippen LogP contribution in [0.1, 0.15) is 37.7 Å². The van der Waals surface area contributed by atoms with Crippen molar-refractivity contribution in [2.24, 2.45) is 5.92 Å². The Labute approximate surface area is 143 Å². The molecule has 2 aromatic rings. The molecule has 1 aliphatic carbocycles. The molecule has 3 heterocycles. The van der Waals surface area contributed by atoms with E-state index in [2.05, 4.69) is 5.32 Å².